The number of aromatic carboxylic acids is 1. The van der Waals surface area contributed by atoms with Gasteiger partial charge in [0.15, 0.2) is 5.82 Å². The molecule has 108 valence electrons. The summed E-state index contributed by atoms with van der Waals surface area (Å²) in [6, 6.07) is 1.34. The highest BCUT2D eigenvalue weighted by molar-refractivity contribution is 5.89. The van der Waals surface area contributed by atoms with Crippen LogP contribution in [0.5, 0.6) is 0 Å². The molecule has 1 aliphatic heterocycles. The Labute approximate surface area is 115 Å². The van der Waals surface area contributed by atoms with E-state index in [1.165, 1.54) is 19.4 Å². The van der Waals surface area contributed by atoms with Gasteiger partial charge >= 0.3 is 12.1 Å². The fourth-order valence-electron chi connectivity index (χ4n) is 2.15. The number of amides is 1. The van der Waals surface area contributed by atoms with E-state index in [1.54, 1.807) is 0 Å². The summed E-state index contributed by atoms with van der Waals surface area (Å²) in [6.45, 7) is 1.23. The lowest BCUT2D eigenvalue weighted by Crippen LogP contribution is -2.37. The predicted octanol–water partition coefficient (Wildman–Crippen LogP) is 0.297. The molecule has 1 aromatic heterocycles. The molecule has 1 aromatic rings. The van der Waals surface area contributed by atoms with E-state index in [0.29, 0.717) is 24.6 Å². The van der Waals surface area contributed by atoms with E-state index in [-0.39, 0.29) is 11.6 Å². The minimum atomic E-state index is -1.07. The van der Waals surface area contributed by atoms with Crippen LogP contribution < -0.4 is 16.0 Å². The fraction of sp³-hybridized carbons (Fsp3) is 0.417. The van der Waals surface area contributed by atoms with Gasteiger partial charge in [-0.2, -0.15) is 0 Å². The molecule has 1 amide bonds. The molecule has 2 heterocycles. The van der Waals surface area contributed by atoms with Gasteiger partial charge in [0.05, 0.1) is 24.4 Å². The first-order valence-corrected chi connectivity index (χ1v) is 6.09. The zero-order valence-corrected chi connectivity index (χ0v) is 11.0. The number of carbonyl (C=O) groups excluding carboxylic acids is 1. The maximum absolute atomic E-state index is 11.1. The van der Waals surface area contributed by atoms with Gasteiger partial charge in [0, 0.05) is 19.3 Å². The molecule has 0 aromatic carbocycles. The van der Waals surface area contributed by atoms with E-state index in [1.807, 2.05) is 4.90 Å². The number of carbonyl (C=O) groups is 2. The number of aromatic nitrogens is 1. The molecule has 1 atom stereocenters. The van der Waals surface area contributed by atoms with Gasteiger partial charge in [-0.3, -0.25) is 0 Å². The van der Waals surface area contributed by atoms with Crippen molar-refractivity contribution in [2.24, 2.45) is 0 Å². The van der Waals surface area contributed by atoms with Crippen molar-refractivity contribution in [2.45, 2.75) is 12.5 Å². The van der Waals surface area contributed by atoms with Crippen LogP contribution >= 0.6 is 0 Å². The molecule has 1 fully saturated rings. The molecule has 0 spiro atoms. The van der Waals surface area contributed by atoms with E-state index in [2.05, 4.69) is 15.0 Å². The lowest BCUT2D eigenvalue weighted by Gasteiger charge is -2.19. The van der Waals surface area contributed by atoms with Crippen LogP contribution in [0.2, 0.25) is 0 Å². The zero-order valence-electron chi connectivity index (χ0n) is 11.0. The number of carboxylic acids is 1. The monoisotopic (exact) mass is 280 g/mol. The Morgan fingerprint density at radius 1 is 1.60 bits per heavy atom. The number of pyridine rings is 1. The van der Waals surface area contributed by atoms with E-state index in [9.17, 15) is 9.59 Å². The predicted molar refractivity (Wildman–Crippen MR) is 71.8 cm³/mol. The van der Waals surface area contributed by atoms with E-state index >= 15 is 0 Å². The smallest absolute Gasteiger partial charge is 0.407 e. The summed E-state index contributed by atoms with van der Waals surface area (Å²) in [5.41, 5.74) is 6.19. The van der Waals surface area contributed by atoms with Crippen LogP contribution in [0.4, 0.5) is 16.3 Å². The summed E-state index contributed by atoms with van der Waals surface area (Å²) in [7, 11) is 1.31. The normalized spacial score (nSPS) is 17.9. The Morgan fingerprint density at radius 2 is 2.35 bits per heavy atom. The first-order valence-electron chi connectivity index (χ1n) is 6.09. The topological polar surface area (TPSA) is 118 Å². The van der Waals surface area contributed by atoms with Crippen molar-refractivity contribution >= 4 is 23.6 Å². The number of rotatable bonds is 3. The number of ether oxygens (including phenoxy) is 1. The van der Waals surface area contributed by atoms with Crippen LogP contribution in [0, 0.1) is 0 Å². The number of methoxy groups -OCH3 is 1. The van der Waals surface area contributed by atoms with Crippen LogP contribution in [0.15, 0.2) is 12.3 Å². The lowest BCUT2D eigenvalue weighted by molar-refractivity contribution is 0.0696. The molecule has 20 heavy (non-hydrogen) atoms. The molecule has 1 aliphatic rings. The van der Waals surface area contributed by atoms with Crippen molar-refractivity contribution < 1.29 is 19.4 Å². The summed E-state index contributed by atoms with van der Waals surface area (Å²) in [6.07, 6.45) is 1.55. The van der Waals surface area contributed by atoms with Gasteiger partial charge in [0.1, 0.15) is 0 Å². The van der Waals surface area contributed by atoms with Gasteiger partial charge in [-0.1, -0.05) is 0 Å². The van der Waals surface area contributed by atoms with Crippen LogP contribution in [-0.2, 0) is 4.74 Å². The Hall–Kier alpha value is -2.51. The third-order valence-corrected chi connectivity index (χ3v) is 3.14. The highest BCUT2D eigenvalue weighted by Crippen LogP contribution is 2.25. The molecular formula is C12H16N4O4. The molecule has 2 rings (SSSR count). The van der Waals surface area contributed by atoms with Gasteiger partial charge in [-0.25, -0.2) is 14.6 Å². The van der Waals surface area contributed by atoms with Gasteiger partial charge in [-0.05, 0) is 12.5 Å². The summed E-state index contributed by atoms with van der Waals surface area (Å²) in [5, 5.41) is 11.6. The lowest BCUT2D eigenvalue weighted by atomic mass is 10.2. The minimum Gasteiger partial charge on any atom is -0.478 e. The summed E-state index contributed by atoms with van der Waals surface area (Å²) >= 11 is 0. The first-order chi connectivity index (χ1) is 9.51. The fourth-order valence-corrected chi connectivity index (χ4v) is 2.15. The number of nitrogens with two attached hydrogens (primary N) is 1. The Bertz CT molecular complexity index is 534. The van der Waals surface area contributed by atoms with Crippen LogP contribution in [0.25, 0.3) is 0 Å². The average molecular weight is 280 g/mol. The van der Waals surface area contributed by atoms with E-state index < -0.39 is 12.1 Å². The molecule has 0 radical (unpaired) electrons. The second-order valence-electron chi connectivity index (χ2n) is 4.51. The standard InChI is InChI=1S/C12H16N4O4/c1-20-12(19)15-8-2-3-16(6-8)10-9(13)4-7(5-14-10)11(17)18/h4-5,8H,2-3,6,13H2,1H3,(H,15,19)(H,17,18). The molecule has 0 saturated carbocycles. The number of hydrogen-bond acceptors (Lipinski definition) is 6. The largest absolute Gasteiger partial charge is 0.478 e. The van der Waals surface area contributed by atoms with Gasteiger partial charge in [0.25, 0.3) is 0 Å². The molecule has 0 bridgehead atoms. The van der Waals surface area contributed by atoms with Crippen molar-refractivity contribution in [2.75, 3.05) is 30.8 Å². The van der Waals surface area contributed by atoms with Crippen molar-refractivity contribution in [3.8, 4) is 0 Å². The molecule has 0 aliphatic carbocycles. The number of nitrogens with zero attached hydrogens (tertiary/aromatic N) is 2. The van der Waals surface area contributed by atoms with Crippen molar-refractivity contribution in [3.05, 3.63) is 17.8 Å². The SMILES string of the molecule is COC(=O)NC1CCN(c2ncc(C(=O)O)cc2N)C1. The number of anilines is 2. The number of hydrogen-bond donors (Lipinski definition) is 3. The molecule has 8 nitrogen and oxygen atoms in total. The van der Waals surface area contributed by atoms with Crippen LogP contribution in [0.1, 0.15) is 16.8 Å². The number of nitrogen functional groups attached to an aromatic ring is 1. The second kappa shape index (κ2) is 5.64. The molecule has 4 N–H and O–H groups in total. The van der Waals surface area contributed by atoms with Crippen molar-refractivity contribution in [1.82, 2.24) is 10.3 Å². The quantitative estimate of drug-likeness (QED) is 0.728. The summed E-state index contributed by atoms with van der Waals surface area (Å²) in [5.74, 6) is -0.536. The number of alkyl carbamates (subject to hydrolysis) is 1. The Balaban J connectivity index is 2.06. The van der Waals surface area contributed by atoms with Crippen molar-refractivity contribution in [3.63, 3.8) is 0 Å². The number of nitrogens with one attached hydrogen (secondary N) is 1. The molecule has 1 unspecified atom stereocenters. The first kappa shape index (κ1) is 13.9. The average Bonchev–Trinajstić information content (AvgIpc) is 2.86. The Kier molecular flexibility index (Phi) is 3.92. The van der Waals surface area contributed by atoms with E-state index in [0.717, 1.165) is 6.42 Å². The maximum atomic E-state index is 11.1. The minimum absolute atomic E-state index is 0.0391. The van der Waals surface area contributed by atoms with Crippen molar-refractivity contribution in [1.29, 1.82) is 0 Å². The highest BCUT2D eigenvalue weighted by atomic mass is 16.5. The molecule has 1 saturated heterocycles. The van der Waals surface area contributed by atoms with Crippen LogP contribution in [-0.4, -0.2) is 48.4 Å². The second-order valence-corrected chi connectivity index (χ2v) is 4.51. The summed E-state index contributed by atoms with van der Waals surface area (Å²) < 4.78 is 4.54. The van der Waals surface area contributed by atoms with Gasteiger partial charge in [0.2, 0.25) is 0 Å². The number of carboxylic acid groups (broad SMARTS) is 1. The third-order valence-electron chi connectivity index (χ3n) is 3.14. The third kappa shape index (κ3) is 2.90. The Morgan fingerprint density at radius 3 is 2.95 bits per heavy atom. The maximum Gasteiger partial charge on any atom is 0.407 e. The summed E-state index contributed by atoms with van der Waals surface area (Å²) in [4.78, 5) is 28.0. The van der Waals surface area contributed by atoms with E-state index in [4.69, 9.17) is 10.8 Å². The van der Waals surface area contributed by atoms with Gasteiger partial charge in [-0.15, -0.1) is 0 Å². The van der Waals surface area contributed by atoms with Gasteiger partial charge < -0.3 is 25.8 Å². The van der Waals surface area contributed by atoms with Crippen LogP contribution in [0.3, 0.4) is 0 Å². The molecular weight excluding hydrogens is 264 g/mol. The highest BCUT2D eigenvalue weighted by Gasteiger charge is 2.26. The molecule has 8 heteroatoms. The zero-order chi connectivity index (χ0) is 14.7.